The van der Waals surface area contributed by atoms with Gasteiger partial charge in [-0.1, -0.05) is 67.4 Å². The monoisotopic (exact) mass is 371 g/mol. The first-order valence-electron chi connectivity index (χ1n) is 8.14. The van der Waals surface area contributed by atoms with E-state index in [1.54, 1.807) is 0 Å². The lowest BCUT2D eigenvalue weighted by Crippen LogP contribution is -2.16. The van der Waals surface area contributed by atoms with Crippen LogP contribution in [0.4, 0.5) is 0 Å². The summed E-state index contributed by atoms with van der Waals surface area (Å²) in [5.74, 6) is 1.13. The first-order chi connectivity index (χ1) is 11.9. The molecule has 1 fully saturated rings. The Morgan fingerprint density at radius 1 is 1.12 bits per heavy atom. The topological polar surface area (TPSA) is 33.0 Å². The summed E-state index contributed by atoms with van der Waals surface area (Å²) in [5, 5.41) is 9.87. The second kappa shape index (κ2) is 6.75. The SMILES string of the molecule is CC1(C)CC1(C=C(Cl)Cl)C(C#N)c1cccc(Oc2ccccc2)c1. The minimum Gasteiger partial charge on any atom is -0.457 e. The van der Waals surface area contributed by atoms with Crippen molar-refractivity contribution in [2.24, 2.45) is 10.8 Å². The Hall–Kier alpha value is -1.95. The predicted octanol–water partition coefficient (Wildman–Crippen LogP) is 6.82. The maximum atomic E-state index is 9.87. The number of hydrogen-bond acceptors (Lipinski definition) is 2. The highest BCUT2D eigenvalue weighted by Gasteiger charge is 2.64. The van der Waals surface area contributed by atoms with Crippen molar-refractivity contribution in [2.45, 2.75) is 26.2 Å². The molecule has 1 aliphatic rings. The van der Waals surface area contributed by atoms with Gasteiger partial charge >= 0.3 is 0 Å². The summed E-state index contributed by atoms with van der Waals surface area (Å²) in [5.41, 5.74) is 0.525. The second-order valence-corrected chi connectivity index (χ2v) is 8.09. The van der Waals surface area contributed by atoms with Crippen LogP contribution < -0.4 is 4.74 Å². The summed E-state index contributed by atoms with van der Waals surface area (Å²) in [6.45, 7) is 4.27. The minimum absolute atomic E-state index is 0.0290. The fraction of sp³-hybridized carbons (Fsp3) is 0.286. The fourth-order valence-electron chi connectivity index (χ4n) is 3.57. The number of nitriles is 1. The standard InChI is InChI=1S/C21H19Cl2NO/c1-20(2)14-21(20,12-19(22)23)18(13-24)15-7-6-10-17(11-15)25-16-8-4-3-5-9-16/h3-12,18H,14H2,1-2H3. The summed E-state index contributed by atoms with van der Waals surface area (Å²) in [6, 6.07) is 19.7. The molecule has 2 aromatic rings. The van der Waals surface area contributed by atoms with Crippen LogP contribution in [0.25, 0.3) is 0 Å². The van der Waals surface area contributed by atoms with E-state index in [1.807, 2.05) is 60.7 Å². The molecule has 2 atom stereocenters. The third-order valence-electron chi connectivity index (χ3n) is 5.05. The lowest BCUT2D eigenvalue weighted by Gasteiger charge is -2.23. The maximum absolute atomic E-state index is 9.87. The van der Waals surface area contributed by atoms with Crippen molar-refractivity contribution in [3.8, 4) is 17.6 Å². The van der Waals surface area contributed by atoms with E-state index in [-0.39, 0.29) is 21.2 Å². The number of rotatable bonds is 5. The summed E-state index contributed by atoms with van der Waals surface area (Å²) in [4.78, 5) is 0. The van der Waals surface area contributed by atoms with Crippen molar-refractivity contribution < 1.29 is 4.74 Å². The van der Waals surface area contributed by atoms with E-state index in [0.717, 1.165) is 17.7 Å². The first kappa shape index (κ1) is 17.9. The molecule has 25 heavy (non-hydrogen) atoms. The number of benzene rings is 2. The van der Waals surface area contributed by atoms with Gasteiger partial charge in [-0.2, -0.15) is 5.26 Å². The number of hydrogen-bond donors (Lipinski definition) is 0. The minimum atomic E-state index is -0.355. The smallest absolute Gasteiger partial charge is 0.127 e. The molecule has 0 spiro atoms. The molecular formula is C21H19Cl2NO. The van der Waals surface area contributed by atoms with E-state index < -0.39 is 0 Å². The average Bonchev–Trinajstić information content (AvgIpc) is 3.09. The third kappa shape index (κ3) is 3.54. The van der Waals surface area contributed by atoms with Crippen LogP contribution in [-0.4, -0.2) is 0 Å². The zero-order chi connectivity index (χ0) is 18.1. The van der Waals surface area contributed by atoms with Gasteiger partial charge in [0.1, 0.15) is 16.0 Å². The Balaban J connectivity index is 1.94. The number of para-hydroxylation sites is 1. The Kier molecular flexibility index (Phi) is 4.82. The number of allylic oxidation sites excluding steroid dienone is 1. The highest BCUT2D eigenvalue weighted by atomic mass is 35.5. The van der Waals surface area contributed by atoms with Gasteiger partial charge in [0.25, 0.3) is 0 Å². The average molecular weight is 372 g/mol. The summed E-state index contributed by atoms with van der Waals surface area (Å²) >= 11 is 11.9. The molecule has 0 amide bonds. The summed E-state index contributed by atoms with van der Waals surface area (Å²) in [6.07, 6.45) is 2.69. The second-order valence-electron chi connectivity index (χ2n) is 7.08. The van der Waals surface area contributed by atoms with Crippen LogP contribution in [0, 0.1) is 22.2 Å². The molecule has 2 unspecified atom stereocenters. The van der Waals surface area contributed by atoms with E-state index in [4.69, 9.17) is 27.9 Å². The van der Waals surface area contributed by atoms with E-state index in [0.29, 0.717) is 5.75 Å². The van der Waals surface area contributed by atoms with Crippen molar-refractivity contribution in [3.63, 3.8) is 0 Å². The van der Waals surface area contributed by atoms with Gasteiger partial charge in [0.05, 0.1) is 12.0 Å². The van der Waals surface area contributed by atoms with Crippen molar-refractivity contribution in [3.05, 3.63) is 70.7 Å². The first-order valence-corrected chi connectivity index (χ1v) is 8.90. The number of ether oxygens (including phenoxy) is 1. The molecule has 0 saturated heterocycles. The molecule has 0 bridgehead atoms. The largest absolute Gasteiger partial charge is 0.457 e. The summed E-state index contributed by atoms with van der Waals surface area (Å²) in [7, 11) is 0. The van der Waals surface area contributed by atoms with Gasteiger partial charge in [-0.15, -0.1) is 0 Å². The normalized spacial score (nSPS) is 21.7. The molecule has 0 aliphatic heterocycles. The number of nitrogens with zero attached hydrogens (tertiary/aromatic N) is 1. The zero-order valence-corrected chi connectivity index (χ0v) is 15.7. The zero-order valence-electron chi connectivity index (χ0n) is 14.2. The van der Waals surface area contributed by atoms with Gasteiger partial charge in [-0.25, -0.2) is 0 Å². The van der Waals surface area contributed by atoms with Crippen molar-refractivity contribution in [1.29, 1.82) is 5.26 Å². The molecule has 3 rings (SSSR count). The molecule has 0 aromatic heterocycles. The van der Waals surface area contributed by atoms with Gasteiger partial charge in [-0.05, 0) is 47.7 Å². The van der Waals surface area contributed by atoms with Gasteiger partial charge < -0.3 is 4.74 Å². The highest BCUT2D eigenvalue weighted by molar-refractivity contribution is 6.55. The van der Waals surface area contributed by atoms with Gasteiger partial charge in [-0.3, -0.25) is 0 Å². The van der Waals surface area contributed by atoms with Crippen LogP contribution in [0.5, 0.6) is 11.5 Å². The van der Waals surface area contributed by atoms with E-state index >= 15 is 0 Å². The van der Waals surface area contributed by atoms with Crippen molar-refractivity contribution in [1.82, 2.24) is 0 Å². The molecule has 128 valence electrons. The van der Waals surface area contributed by atoms with Crippen LogP contribution >= 0.6 is 23.2 Å². The van der Waals surface area contributed by atoms with Crippen LogP contribution in [0.2, 0.25) is 0 Å². The Bertz CT molecular complexity index is 834. The Labute approximate surface area is 158 Å². The van der Waals surface area contributed by atoms with Gasteiger partial charge in [0, 0.05) is 5.41 Å². The third-order valence-corrected chi connectivity index (χ3v) is 5.27. The van der Waals surface area contributed by atoms with E-state index in [9.17, 15) is 5.26 Å². The lowest BCUT2D eigenvalue weighted by atomic mass is 9.79. The van der Waals surface area contributed by atoms with Gasteiger partial charge in [0.2, 0.25) is 0 Å². The van der Waals surface area contributed by atoms with Crippen LogP contribution in [0.1, 0.15) is 31.7 Å². The fourth-order valence-corrected chi connectivity index (χ4v) is 3.96. The molecule has 2 nitrogen and oxygen atoms in total. The highest BCUT2D eigenvalue weighted by Crippen LogP contribution is 2.71. The van der Waals surface area contributed by atoms with E-state index in [2.05, 4.69) is 19.9 Å². The molecule has 1 aliphatic carbocycles. The van der Waals surface area contributed by atoms with Crippen LogP contribution in [0.3, 0.4) is 0 Å². The van der Waals surface area contributed by atoms with Crippen molar-refractivity contribution in [2.75, 3.05) is 0 Å². The van der Waals surface area contributed by atoms with Crippen molar-refractivity contribution >= 4 is 23.2 Å². The molecule has 0 N–H and O–H groups in total. The maximum Gasteiger partial charge on any atom is 0.127 e. The lowest BCUT2D eigenvalue weighted by molar-refractivity contribution is 0.430. The van der Waals surface area contributed by atoms with E-state index in [1.165, 1.54) is 0 Å². The Morgan fingerprint density at radius 2 is 1.76 bits per heavy atom. The molecule has 1 saturated carbocycles. The van der Waals surface area contributed by atoms with Crippen LogP contribution in [0.15, 0.2) is 65.2 Å². The quantitative estimate of drug-likeness (QED) is 0.577. The Morgan fingerprint density at radius 3 is 2.32 bits per heavy atom. The van der Waals surface area contributed by atoms with Crippen LogP contribution in [-0.2, 0) is 0 Å². The predicted molar refractivity (Wildman–Crippen MR) is 102 cm³/mol. The molecule has 0 radical (unpaired) electrons. The van der Waals surface area contributed by atoms with Gasteiger partial charge in [0.15, 0.2) is 0 Å². The molecule has 4 heteroatoms. The summed E-state index contributed by atoms with van der Waals surface area (Å²) < 4.78 is 6.11. The molecule has 2 aromatic carbocycles. The number of halogens is 2. The molecule has 0 heterocycles. The molecular weight excluding hydrogens is 353 g/mol.